The van der Waals surface area contributed by atoms with E-state index < -0.39 is 6.10 Å². The van der Waals surface area contributed by atoms with Crippen LogP contribution in [0.3, 0.4) is 0 Å². The third-order valence-electron chi connectivity index (χ3n) is 2.88. The highest BCUT2D eigenvalue weighted by Gasteiger charge is 2.11. The maximum atomic E-state index is 10.1. The van der Waals surface area contributed by atoms with Crippen molar-refractivity contribution in [2.24, 2.45) is 0 Å². The molecule has 0 aromatic carbocycles. The smallest absolute Gasteiger partial charge is 0.0808 e. The number of hydrogen-bond donors (Lipinski definition) is 1. The predicted octanol–water partition coefficient (Wildman–Crippen LogP) is 3.26. The minimum atomic E-state index is -0.409. The highest BCUT2D eigenvalue weighted by Crippen LogP contribution is 2.22. The molecule has 3 heteroatoms. The van der Waals surface area contributed by atoms with E-state index in [4.69, 9.17) is 0 Å². The van der Waals surface area contributed by atoms with E-state index in [9.17, 15) is 5.11 Å². The predicted molar refractivity (Wildman–Crippen MR) is 69.7 cm³/mol. The van der Waals surface area contributed by atoms with E-state index in [2.05, 4.69) is 16.8 Å². The number of nitrogens with zero attached hydrogens (tertiary/aromatic N) is 2. The molecule has 1 heterocycles. The molecule has 0 aliphatic rings. The largest absolute Gasteiger partial charge is 0.388 e. The van der Waals surface area contributed by atoms with E-state index in [0.717, 1.165) is 49.1 Å². The standard InChI is InChI=1S/C14H22N2O/c1-4-5-6-7-8-9-14(17)13-10-11(2)15-16-12(13)3/h4,10,14,17H,1,5-9H2,2-3H3. The Labute approximate surface area is 104 Å². The molecule has 0 saturated heterocycles. The molecule has 0 fully saturated rings. The first-order chi connectivity index (χ1) is 8.15. The molecular formula is C14H22N2O. The number of allylic oxidation sites excluding steroid dienone is 1. The summed E-state index contributed by atoms with van der Waals surface area (Å²) in [5, 5.41) is 18.1. The Balaban J connectivity index is 2.43. The Bertz CT molecular complexity index is 363. The molecule has 1 rings (SSSR count). The number of rotatable bonds is 7. The van der Waals surface area contributed by atoms with Crippen LogP contribution in [-0.4, -0.2) is 15.3 Å². The van der Waals surface area contributed by atoms with Gasteiger partial charge in [0.05, 0.1) is 17.5 Å². The lowest BCUT2D eigenvalue weighted by molar-refractivity contribution is 0.162. The molecule has 0 aliphatic heterocycles. The van der Waals surface area contributed by atoms with Crippen molar-refractivity contribution >= 4 is 0 Å². The number of aromatic nitrogens is 2. The van der Waals surface area contributed by atoms with E-state index in [1.165, 1.54) is 0 Å². The second-order valence-corrected chi connectivity index (χ2v) is 4.47. The fourth-order valence-corrected chi connectivity index (χ4v) is 1.87. The zero-order valence-electron chi connectivity index (χ0n) is 10.8. The van der Waals surface area contributed by atoms with Crippen LogP contribution in [0.1, 0.15) is 55.2 Å². The van der Waals surface area contributed by atoms with Crippen molar-refractivity contribution in [3.63, 3.8) is 0 Å². The third-order valence-corrected chi connectivity index (χ3v) is 2.88. The van der Waals surface area contributed by atoms with Gasteiger partial charge in [-0.3, -0.25) is 0 Å². The van der Waals surface area contributed by atoms with Crippen LogP contribution < -0.4 is 0 Å². The van der Waals surface area contributed by atoms with Crippen molar-refractivity contribution in [2.45, 2.75) is 52.1 Å². The molecule has 1 unspecified atom stereocenters. The number of aliphatic hydroxyl groups excluding tert-OH is 1. The highest BCUT2D eigenvalue weighted by atomic mass is 16.3. The topological polar surface area (TPSA) is 46.0 Å². The van der Waals surface area contributed by atoms with Crippen LogP contribution in [0.25, 0.3) is 0 Å². The molecule has 94 valence electrons. The molecule has 0 radical (unpaired) electrons. The van der Waals surface area contributed by atoms with Crippen molar-refractivity contribution in [1.29, 1.82) is 0 Å². The number of aliphatic hydroxyl groups is 1. The molecule has 0 spiro atoms. The molecule has 0 saturated carbocycles. The molecule has 0 aliphatic carbocycles. The SMILES string of the molecule is C=CCCCCCC(O)c1cc(C)nnc1C. The fourth-order valence-electron chi connectivity index (χ4n) is 1.87. The third kappa shape index (κ3) is 4.65. The van der Waals surface area contributed by atoms with E-state index >= 15 is 0 Å². The van der Waals surface area contributed by atoms with Crippen molar-refractivity contribution in [3.05, 3.63) is 35.7 Å². The lowest BCUT2D eigenvalue weighted by Gasteiger charge is -2.12. The normalized spacial score (nSPS) is 12.4. The van der Waals surface area contributed by atoms with Gasteiger partial charge in [0, 0.05) is 5.56 Å². The Hall–Kier alpha value is -1.22. The zero-order valence-corrected chi connectivity index (χ0v) is 10.8. The summed E-state index contributed by atoms with van der Waals surface area (Å²) >= 11 is 0. The van der Waals surface area contributed by atoms with Crippen LogP contribution >= 0.6 is 0 Å². The van der Waals surface area contributed by atoms with Gasteiger partial charge in [-0.2, -0.15) is 10.2 Å². The first kappa shape index (κ1) is 13.8. The molecule has 1 aromatic heterocycles. The van der Waals surface area contributed by atoms with Crippen molar-refractivity contribution in [2.75, 3.05) is 0 Å². The van der Waals surface area contributed by atoms with Gasteiger partial charge in [0.25, 0.3) is 0 Å². The van der Waals surface area contributed by atoms with Gasteiger partial charge in [-0.25, -0.2) is 0 Å². The molecule has 0 bridgehead atoms. The molecule has 0 amide bonds. The van der Waals surface area contributed by atoms with Gasteiger partial charge in [-0.1, -0.05) is 18.9 Å². The quantitative estimate of drug-likeness (QED) is 0.582. The van der Waals surface area contributed by atoms with Gasteiger partial charge in [-0.05, 0) is 39.2 Å². The zero-order chi connectivity index (χ0) is 12.7. The second kappa shape index (κ2) is 7.17. The minimum absolute atomic E-state index is 0.409. The molecule has 1 aromatic rings. The van der Waals surface area contributed by atoms with Crippen LogP contribution in [-0.2, 0) is 0 Å². The average molecular weight is 234 g/mol. The highest BCUT2D eigenvalue weighted by molar-refractivity contribution is 5.22. The summed E-state index contributed by atoms with van der Waals surface area (Å²) in [6, 6.07) is 1.93. The minimum Gasteiger partial charge on any atom is -0.388 e. The summed E-state index contributed by atoms with van der Waals surface area (Å²) in [5.74, 6) is 0. The van der Waals surface area contributed by atoms with Crippen molar-refractivity contribution < 1.29 is 5.11 Å². The van der Waals surface area contributed by atoms with Gasteiger partial charge >= 0.3 is 0 Å². The van der Waals surface area contributed by atoms with Crippen LogP contribution in [0, 0.1) is 13.8 Å². The van der Waals surface area contributed by atoms with Crippen LogP contribution in [0.15, 0.2) is 18.7 Å². The van der Waals surface area contributed by atoms with Gasteiger partial charge < -0.3 is 5.11 Å². The lowest BCUT2D eigenvalue weighted by Crippen LogP contribution is -2.04. The second-order valence-electron chi connectivity index (χ2n) is 4.47. The van der Waals surface area contributed by atoms with Gasteiger partial charge in [0.2, 0.25) is 0 Å². The Morgan fingerprint density at radius 1 is 1.29 bits per heavy atom. The Kier molecular flexibility index (Phi) is 5.84. The van der Waals surface area contributed by atoms with E-state index in [0.29, 0.717) is 0 Å². The maximum absolute atomic E-state index is 10.1. The Morgan fingerprint density at radius 3 is 2.76 bits per heavy atom. The number of hydrogen-bond acceptors (Lipinski definition) is 3. The van der Waals surface area contributed by atoms with Crippen LogP contribution in [0.5, 0.6) is 0 Å². The molecular weight excluding hydrogens is 212 g/mol. The summed E-state index contributed by atoms with van der Waals surface area (Å²) in [7, 11) is 0. The summed E-state index contributed by atoms with van der Waals surface area (Å²) in [6.45, 7) is 7.48. The fraction of sp³-hybridized carbons (Fsp3) is 0.571. The maximum Gasteiger partial charge on any atom is 0.0808 e. The molecule has 1 atom stereocenters. The molecule has 3 nitrogen and oxygen atoms in total. The molecule has 1 N–H and O–H groups in total. The summed E-state index contributed by atoms with van der Waals surface area (Å²) in [4.78, 5) is 0. The monoisotopic (exact) mass is 234 g/mol. The average Bonchev–Trinajstić information content (AvgIpc) is 2.32. The van der Waals surface area contributed by atoms with Crippen molar-refractivity contribution in [1.82, 2.24) is 10.2 Å². The van der Waals surface area contributed by atoms with Gasteiger partial charge in [-0.15, -0.1) is 6.58 Å². The summed E-state index contributed by atoms with van der Waals surface area (Å²) in [6.07, 6.45) is 6.72. The van der Waals surface area contributed by atoms with E-state index in [-0.39, 0.29) is 0 Å². The van der Waals surface area contributed by atoms with E-state index in [1.807, 2.05) is 26.0 Å². The lowest BCUT2D eigenvalue weighted by atomic mass is 10.0. The first-order valence-corrected chi connectivity index (χ1v) is 6.25. The van der Waals surface area contributed by atoms with Gasteiger partial charge in [0.1, 0.15) is 0 Å². The van der Waals surface area contributed by atoms with Crippen LogP contribution in [0.4, 0.5) is 0 Å². The van der Waals surface area contributed by atoms with E-state index in [1.54, 1.807) is 0 Å². The first-order valence-electron chi connectivity index (χ1n) is 6.25. The number of unbranched alkanes of at least 4 members (excludes halogenated alkanes) is 3. The summed E-state index contributed by atoms with van der Waals surface area (Å²) in [5.41, 5.74) is 2.60. The summed E-state index contributed by atoms with van der Waals surface area (Å²) < 4.78 is 0. The number of aryl methyl sites for hydroxylation is 2. The van der Waals surface area contributed by atoms with Crippen molar-refractivity contribution in [3.8, 4) is 0 Å². The van der Waals surface area contributed by atoms with Gasteiger partial charge in [0.15, 0.2) is 0 Å². The van der Waals surface area contributed by atoms with Crippen LogP contribution in [0.2, 0.25) is 0 Å². The Morgan fingerprint density at radius 2 is 2.06 bits per heavy atom. The molecule has 17 heavy (non-hydrogen) atoms.